The Morgan fingerprint density at radius 3 is 2.47 bits per heavy atom. The number of carbonyl (C=O) groups excluding carboxylic acids is 1. The molecule has 0 fully saturated rings. The number of alkyl halides is 2. The average Bonchev–Trinajstić information content (AvgIpc) is 3.70. The number of ketones is 1. The van der Waals surface area contributed by atoms with Crippen LogP contribution in [0.1, 0.15) is 91.5 Å². The number of nitrogens with zero attached hydrogens (tertiary/aromatic N) is 1. The van der Waals surface area contributed by atoms with Crippen LogP contribution in [0.2, 0.25) is 0 Å². The van der Waals surface area contributed by atoms with E-state index in [-0.39, 0.29) is 17.1 Å². The first-order chi connectivity index (χ1) is 21.7. The van der Waals surface area contributed by atoms with E-state index in [0.717, 1.165) is 65.6 Å². The molecule has 5 nitrogen and oxygen atoms in total. The van der Waals surface area contributed by atoms with Crippen molar-refractivity contribution < 1.29 is 22.7 Å². The number of halogens is 2. The van der Waals surface area contributed by atoms with Gasteiger partial charge in [0.15, 0.2) is 5.76 Å². The van der Waals surface area contributed by atoms with Crippen molar-refractivity contribution in [2.75, 3.05) is 0 Å². The Bertz CT molecular complexity index is 1440. The van der Waals surface area contributed by atoms with E-state index in [4.69, 9.17) is 9.15 Å². The van der Waals surface area contributed by atoms with Crippen LogP contribution in [0.4, 0.5) is 8.78 Å². The largest absolute Gasteiger partial charge is 0.464 e. The highest BCUT2D eigenvalue weighted by Gasteiger charge is 2.27. The van der Waals surface area contributed by atoms with Crippen LogP contribution in [0, 0.1) is 5.92 Å². The third-order valence-corrected chi connectivity index (χ3v) is 7.55. The third-order valence-electron chi connectivity index (χ3n) is 7.55. The van der Waals surface area contributed by atoms with E-state index in [2.05, 4.69) is 23.5 Å². The summed E-state index contributed by atoms with van der Waals surface area (Å²) >= 11 is 0. The number of fused-ring (bicyclic) bond motifs is 1. The molecule has 0 spiro atoms. The van der Waals surface area contributed by atoms with Gasteiger partial charge in [-0.05, 0) is 75.7 Å². The summed E-state index contributed by atoms with van der Waals surface area (Å²) in [6, 6.07) is 9.90. The standard InChI is InChI=1S/C30H44F2N2O2.C8H6O/c1-8-12-13-18-24(15-9-2)28(21(5)11-4)36-29(23(7)30(31)32)27(35)22(6)17-14-19-26-25(16-10-3)33-20-34-26;1-2-4-8-7(3-1)5-6-9-8/h8,12-13,18,20,22,30H,1,9-11,14-17,19H2,2-7H3,(H,33,34);1-6H/b13-12-,24-18+,28-21-,29-23+;. The van der Waals surface area contributed by atoms with Crippen molar-refractivity contribution in [3.63, 3.8) is 0 Å². The summed E-state index contributed by atoms with van der Waals surface area (Å²) in [5.74, 6) is -0.571. The predicted molar refractivity (Wildman–Crippen MR) is 181 cm³/mol. The number of imidazole rings is 1. The molecular weight excluding hydrogens is 570 g/mol. The molecule has 3 aromatic rings. The van der Waals surface area contributed by atoms with Gasteiger partial charge in [0.1, 0.15) is 11.3 Å². The van der Waals surface area contributed by atoms with E-state index in [1.807, 2.05) is 63.3 Å². The summed E-state index contributed by atoms with van der Waals surface area (Å²) in [6.07, 6.45) is 14.1. The molecule has 2 heterocycles. The van der Waals surface area contributed by atoms with E-state index in [0.29, 0.717) is 25.0 Å². The van der Waals surface area contributed by atoms with Crippen LogP contribution in [-0.2, 0) is 22.4 Å². The number of para-hydroxylation sites is 1. The molecule has 3 rings (SSSR count). The summed E-state index contributed by atoms with van der Waals surface area (Å²) in [4.78, 5) is 21.0. The average molecular weight is 621 g/mol. The predicted octanol–water partition coefficient (Wildman–Crippen LogP) is 11.0. The number of aromatic nitrogens is 2. The van der Waals surface area contributed by atoms with Crippen molar-refractivity contribution >= 4 is 16.8 Å². The second-order valence-electron chi connectivity index (χ2n) is 11.1. The highest BCUT2D eigenvalue weighted by Crippen LogP contribution is 2.30. The lowest BCUT2D eigenvalue weighted by Gasteiger charge is -2.21. The van der Waals surface area contributed by atoms with Crippen molar-refractivity contribution in [1.29, 1.82) is 0 Å². The van der Waals surface area contributed by atoms with Gasteiger partial charge in [0, 0.05) is 22.6 Å². The second-order valence-corrected chi connectivity index (χ2v) is 11.1. The quantitative estimate of drug-likeness (QED) is 0.0926. The Hall–Kier alpha value is -4.00. The van der Waals surface area contributed by atoms with Gasteiger partial charge >= 0.3 is 0 Å². The first-order valence-corrected chi connectivity index (χ1v) is 16.0. The van der Waals surface area contributed by atoms with Crippen LogP contribution in [-0.4, -0.2) is 22.2 Å². The van der Waals surface area contributed by atoms with Crippen LogP contribution in [0.3, 0.4) is 0 Å². The lowest BCUT2D eigenvalue weighted by atomic mass is 9.95. The Kier molecular flexibility index (Phi) is 16.6. The molecule has 1 atom stereocenters. The van der Waals surface area contributed by atoms with E-state index in [9.17, 15) is 13.6 Å². The van der Waals surface area contributed by atoms with Crippen molar-refractivity contribution in [3.05, 3.63) is 113 Å². The molecule has 45 heavy (non-hydrogen) atoms. The van der Waals surface area contributed by atoms with Crippen molar-refractivity contribution in [1.82, 2.24) is 9.97 Å². The molecule has 7 heteroatoms. The Balaban J connectivity index is 0.000000656. The normalized spacial score (nSPS) is 13.8. The topological polar surface area (TPSA) is 68.1 Å². The molecule has 0 radical (unpaired) electrons. The van der Waals surface area contributed by atoms with Gasteiger partial charge in [0.25, 0.3) is 6.43 Å². The number of aryl methyl sites for hydroxylation is 2. The Morgan fingerprint density at radius 2 is 1.82 bits per heavy atom. The molecule has 0 saturated carbocycles. The van der Waals surface area contributed by atoms with Gasteiger partial charge < -0.3 is 14.1 Å². The number of nitrogens with one attached hydrogen (secondary N) is 1. The summed E-state index contributed by atoms with van der Waals surface area (Å²) in [5, 5.41) is 1.16. The van der Waals surface area contributed by atoms with Gasteiger partial charge in [-0.2, -0.15) is 0 Å². The highest BCUT2D eigenvalue weighted by molar-refractivity contribution is 5.96. The highest BCUT2D eigenvalue weighted by atomic mass is 19.3. The summed E-state index contributed by atoms with van der Waals surface area (Å²) in [7, 11) is 0. The first-order valence-electron chi connectivity index (χ1n) is 16.0. The minimum absolute atomic E-state index is 0.235. The van der Waals surface area contributed by atoms with Gasteiger partial charge in [-0.15, -0.1) is 0 Å². The second kappa shape index (κ2) is 20.1. The van der Waals surface area contributed by atoms with E-state index in [1.54, 1.807) is 31.7 Å². The maximum atomic E-state index is 13.8. The fourth-order valence-corrected chi connectivity index (χ4v) is 4.77. The zero-order valence-electron chi connectivity index (χ0n) is 27.8. The molecule has 0 aliphatic heterocycles. The number of Topliss-reactive ketones (excluding diaryl/α,β-unsaturated/α-hetero) is 1. The number of hydrogen-bond acceptors (Lipinski definition) is 4. The number of furan rings is 1. The number of carbonyl (C=O) groups is 1. The number of rotatable bonds is 17. The van der Waals surface area contributed by atoms with Crippen molar-refractivity contribution in [3.8, 4) is 0 Å². The lowest BCUT2D eigenvalue weighted by Crippen LogP contribution is -2.20. The molecule has 1 aromatic carbocycles. The molecule has 0 saturated heterocycles. The molecule has 2 aromatic heterocycles. The number of allylic oxidation sites excluding steroid dienone is 8. The Morgan fingerprint density at radius 1 is 1.07 bits per heavy atom. The molecule has 1 unspecified atom stereocenters. The number of H-pyrrole nitrogens is 1. The molecule has 0 amide bonds. The van der Waals surface area contributed by atoms with Crippen LogP contribution in [0.15, 0.2) is 106 Å². The van der Waals surface area contributed by atoms with E-state index < -0.39 is 12.3 Å². The van der Waals surface area contributed by atoms with Gasteiger partial charge in [-0.3, -0.25) is 4.79 Å². The summed E-state index contributed by atoms with van der Waals surface area (Å²) < 4.78 is 38.9. The van der Waals surface area contributed by atoms with E-state index >= 15 is 0 Å². The third kappa shape index (κ3) is 11.8. The summed E-state index contributed by atoms with van der Waals surface area (Å²) in [5.41, 5.74) is 4.54. The lowest BCUT2D eigenvalue weighted by molar-refractivity contribution is -0.122. The number of aromatic amines is 1. The van der Waals surface area contributed by atoms with Crippen LogP contribution in [0.25, 0.3) is 11.0 Å². The number of benzene rings is 1. The SMILES string of the molecule is C=C\C=C/C=C(CCC)/C(O/C(C(=O)C(C)CCCc1nc[nH]c1CCC)=C(\C)C(F)F)=C(\C)CC.c1ccc2occc2c1. The minimum Gasteiger partial charge on any atom is -0.464 e. The van der Waals surface area contributed by atoms with Crippen LogP contribution in [0.5, 0.6) is 0 Å². The fourth-order valence-electron chi connectivity index (χ4n) is 4.77. The van der Waals surface area contributed by atoms with Gasteiger partial charge in [0.2, 0.25) is 5.78 Å². The zero-order chi connectivity index (χ0) is 33.2. The van der Waals surface area contributed by atoms with Crippen LogP contribution >= 0.6 is 0 Å². The smallest absolute Gasteiger partial charge is 0.263 e. The van der Waals surface area contributed by atoms with Crippen LogP contribution < -0.4 is 0 Å². The molecule has 0 aliphatic rings. The number of hydrogen-bond donors (Lipinski definition) is 1. The molecule has 1 N–H and O–H groups in total. The maximum Gasteiger partial charge on any atom is 0.263 e. The van der Waals surface area contributed by atoms with Crippen molar-refractivity contribution in [2.45, 2.75) is 99.3 Å². The monoisotopic (exact) mass is 620 g/mol. The molecule has 0 bridgehead atoms. The Labute approximate surface area is 267 Å². The van der Waals surface area contributed by atoms with E-state index in [1.165, 1.54) is 6.92 Å². The fraction of sp³-hybridized carbons (Fsp3) is 0.421. The summed E-state index contributed by atoms with van der Waals surface area (Å²) in [6.45, 7) is 14.8. The molecule has 0 aliphatic carbocycles. The molecule has 244 valence electrons. The maximum absolute atomic E-state index is 13.8. The minimum atomic E-state index is -2.78. The first kappa shape index (κ1) is 37.2. The zero-order valence-corrected chi connectivity index (χ0v) is 27.8. The van der Waals surface area contributed by atoms with Gasteiger partial charge in [-0.25, -0.2) is 13.8 Å². The van der Waals surface area contributed by atoms with Gasteiger partial charge in [-0.1, -0.05) is 89.6 Å². The molecular formula is C38H50F2N2O3. The van der Waals surface area contributed by atoms with Gasteiger partial charge in [0.05, 0.1) is 18.3 Å². The van der Waals surface area contributed by atoms with Crippen molar-refractivity contribution in [2.24, 2.45) is 5.92 Å². The number of ether oxygens (including phenoxy) is 1.